The highest BCUT2D eigenvalue weighted by molar-refractivity contribution is 5.86. The quantitative estimate of drug-likeness (QED) is 0.655. The first-order valence-electron chi connectivity index (χ1n) is 7.69. The number of hydrogen-bond acceptors (Lipinski definition) is 1. The Hall–Kier alpha value is -2.79. The molecule has 114 valence electrons. The van der Waals surface area contributed by atoms with Crippen LogP contribution in [0.4, 0.5) is 0 Å². The molecule has 1 aromatic heterocycles. The average molecular weight is 301 g/mol. The van der Waals surface area contributed by atoms with Crippen LogP contribution in [0.25, 0.3) is 10.9 Å². The predicted molar refractivity (Wildman–Crippen MR) is 94.5 cm³/mol. The van der Waals surface area contributed by atoms with Crippen LogP contribution in [0, 0.1) is 18.8 Å². The number of fused-ring (bicyclic) bond motifs is 1. The number of nitrogens with zero attached hydrogens (tertiary/aromatic N) is 1. The molecule has 0 aliphatic heterocycles. The number of ketones is 1. The van der Waals surface area contributed by atoms with E-state index in [0.717, 1.165) is 22.3 Å². The van der Waals surface area contributed by atoms with Gasteiger partial charge in [0.2, 0.25) is 0 Å². The van der Waals surface area contributed by atoms with Crippen LogP contribution >= 0.6 is 0 Å². The third kappa shape index (κ3) is 3.19. The molecule has 0 fully saturated rings. The van der Waals surface area contributed by atoms with Gasteiger partial charge in [0.15, 0.2) is 0 Å². The summed E-state index contributed by atoms with van der Waals surface area (Å²) in [5.41, 5.74) is 5.38. The monoisotopic (exact) mass is 301 g/mol. The largest absolute Gasteiger partial charge is 0.349 e. The van der Waals surface area contributed by atoms with E-state index in [1.165, 1.54) is 10.9 Å². The molecule has 3 rings (SSSR count). The first-order valence-corrected chi connectivity index (χ1v) is 7.69. The van der Waals surface area contributed by atoms with Crippen molar-refractivity contribution >= 4 is 16.7 Å². The van der Waals surface area contributed by atoms with E-state index in [1.807, 2.05) is 38.2 Å². The maximum Gasteiger partial charge on any atom is 0.134 e. The third-order valence-corrected chi connectivity index (χ3v) is 3.97. The highest BCUT2D eigenvalue weighted by Crippen LogP contribution is 2.19. The summed E-state index contributed by atoms with van der Waals surface area (Å²) < 4.78 is 2.10. The molecule has 0 N–H and O–H groups in total. The Morgan fingerprint density at radius 3 is 2.57 bits per heavy atom. The second-order valence-electron chi connectivity index (χ2n) is 5.95. The van der Waals surface area contributed by atoms with Gasteiger partial charge in [0.25, 0.3) is 0 Å². The molecule has 23 heavy (non-hydrogen) atoms. The van der Waals surface area contributed by atoms with E-state index in [-0.39, 0.29) is 5.78 Å². The molecule has 0 bridgehead atoms. The lowest BCUT2D eigenvalue weighted by Gasteiger charge is -2.02. The molecule has 0 unspecified atom stereocenters. The number of rotatable bonds is 2. The number of Topliss-reactive ketones (excluding diaryl/α,β-unsaturated/α-hetero) is 1. The van der Waals surface area contributed by atoms with E-state index < -0.39 is 0 Å². The summed E-state index contributed by atoms with van der Waals surface area (Å²) in [6.07, 6.45) is 2.55. The molecule has 0 saturated heterocycles. The molecule has 2 heteroatoms. The minimum Gasteiger partial charge on any atom is -0.349 e. The van der Waals surface area contributed by atoms with Crippen molar-refractivity contribution in [3.8, 4) is 11.8 Å². The Kier molecular flexibility index (Phi) is 4.04. The van der Waals surface area contributed by atoms with Crippen LogP contribution < -0.4 is 0 Å². The van der Waals surface area contributed by atoms with Crippen LogP contribution in [0.5, 0.6) is 0 Å². The van der Waals surface area contributed by atoms with Crippen LogP contribution in [0.3, 0.4) is 0 Å². The number of carbonyl (C=O) groups is 1. The lowest BCUT2D eigenvalue weighted by atomic mass is 10.0. The SMILES string of the molecule is CC(=O)Cc1ccc(C#Cc2cn(C)c3ccccc23)c(C)c1. The maximum atomic E-state index is 11.2. The van der Waals surface area contributed by atoms with Gasteiger partial charge >= 0.3 is 0 Å². The fourth-order valence-electron chi connectivity index (χ4n) is 2.84. The van der Waals surface area contributed by atoms with Gasteiger partial charge in [-0.05, 0) is 37.1 Å². The van der Waals surface area contributed by atoms with Crippen molar-refractivity contribution in [3.63, 3.8) is 0 Å². The summed E-state index contributed by atoms with van der Waals surface area (Å²) in [6, 6.07) is 14.3. The second-order valence-corrected chi connectivity index (χ2v) is 5.95. The third-order valence-electron chi connectivity index (χ3n) is 3.97. The highest BCUT2D eigenvalue weighted by Gasteiger charge is 2.04. The molecule has 0 saturated carbocycles. The zero-order chi connectivity index (χ0) is 16.4. The van der Waals surface area contributed by atoms with Crippen molar-refractivity contribution < 1.29 is 4.79 Å². The summed E-state index contributed by atoms with van der Waals surface area (Å²) in [5, 5.41) is 1.17. The zero-order valence-electron chi connectivity index (χ0n) is 13.7. The van der Waals surface area contributed by atoms with Crippen molar-refractivity contribution in [2.24, 2.45) is 7.05 Å². The Bertz CT molecular complexity index is 951. The summed E-state index contributed by atoms with van der Waals surface area (Å²) in [6.45, 7) is 3.65. The number of aromatic nitrogens is 1. The molecule has 3 aromatic rings. The molecule has 0 spiro atoms. The van der Waals surface area contributed by atoms with Gasteiger partial charge in [-0.2, -0.15) is 0 Å². The summed E-state index contributed by atoms with van der Waals surface area (Å²) in [4.78, 5) is 11.2. The van der Waals surface area contributed by atoms with E-state index in [0.29, 0.717) is 6.42 Å². The van der Waals surface area contributed by atoms with Crippen LogP contribution in [-0.4, -0.2) is 10.4 Å². The first kappa shape index (κ1) is 15.1. The van der Waals surface area contributed by atoms with E-state index >= 15 is 0 Å². The van der Waals surface area contributed by atoms with Gasteiger partial charge in [-0.25, -0.2) is 0 Å². The maximum absolute atomic E-state index is 11.2. The molecule has 0 aliphatic rings. The molecule has 1 heterocycles. The van der Waals surface area contributed by atoms with Gasteiger partial charge in [0.05, 0.1) is 5.56 Å². The Morgan fingerprint density at radius 2 is 1.83 bits per heavy atom. The standard InChI is InChI=1S/C21H19NO/c1-15-12-17(13-16(2)23)8-9-18(15)10-11-19-14-22(3)21-7-5-4-6-20(19)21/h4-9,12,14H,13H2,1-3H3. The van der Waals surface area contributed by atoms with Crippen LogP contribution in [0.2, 0.25) is 0 Å². The molecule has 0 amide bonds. The minimum absolute atomic E-state index is 0.180. The van der Waals surface area contributed by atoms with Crippen LogP contribution in [0.1, 0.15) is 29.2 Å². The Morgan fingerprint density at radius 1 is 1.09 bits per heavy atom. The molecule has 2 nitrogen and oxygen atoms in total. The molecule has 0 radical (unpaired) electrons. The molecule has 0 atom stereocenters. The second kappa shape index (κ2) is 6.14. The van der Waals surface area contributed by atoms with Crippen molar-refractivity contribution in [2.75, 3.05) is 0 Å². The number of aryl methyl sites for hydroxylation is 2. The molecule has 0 aliphatic carbocycles. The lowest BCUT2D eigenvalue weighted by Crippen LogP contribution is -1.97. The normalized spacial score (nSPS) is 10.4. The van der Waals surface area contributed by atoms with Gasteiger partial charge in [-0.3, -0.25) is 4.79 Å². The minimum atomic E-state index is 0.180. The van der Waals surface area contributed by atoms with Gasteiger partial charge in [-0.15, -0.1) is 0 Å². The summed E-state index contributed by atoms with van der Waals surface area (Å²) >= 11 is 0. The topological polar surface area (TPSA) is 22.0 Å². The van der Waals surface area contributed by atoms with Crippen molar-refractivity contribution in [2.45, 2.75) is 20.3 Å². The molecular weight excluding hydrogens is 282 g/mol. The number of para-hydroxylation sites is 1. The van der Waals surface area contributed by atoms with E-state index in [9.17, 15) is 4.79 Å². The van der Waals surface area contributed by atoms with E-state index in [1.54, 1.807) is 6.92 Å². The molecular formula is C21H19NO. The van der Waals surface area contributed by atoms with Crippen molar-refractivity contribution in [1.82, 2.24) is 4.57 Å². The average Bonchev–Trinajstić information content (AvgIpc) is 2.83. The van der Waals surface area contributed by atoms with Crippen molar-refractivity contribution in [3.05, 3.63) is 70.9 Å². The summed E-state index contributed by atoms with van der Waals surface area (Å²) in [7, 11) is 2.04. The molecule has 2 aromatic carbocycles. The zero-order valence-corrected chi connectivity index (χ0v) is 13.7. The van der Waals surface area contributed by atoms with Gasteiger partial charge in [0, 0.05) is 36.1 Å². The fourth-order valence-corrected chi connectivity index (χ4v) is 2.84. The summed E-state index contributed by atoms with van der Waals surface area (Å²) in [5.74, 6) is 6.73. The lowest BCUT2D eigenvalue weighted by molar-refractivity contribution is -0.116. The number of carbonyl (C=O) groups excluding carboxylic acids is 1. The predicted octanol–water partition coefficient (Wildman–Crippen LogP) is 4.02. The smallest absolute Gasteiger partial charge is 0.134 e. The Labute approximate surface area is 136 Å². The van der Waals surface area contributed by atoms with Crippen LogP contribution in [-0.2, 0) is 18.3 Å². The van der Waals surface area contributed by atoms with Gasteiger partial charge in [-0.1, -0.05) is 42.2 Å². The number of hydrogen-bond donors (Lipinski definition) is 0. The van der Waals surface area contributed by atoms with Gasteiger partial charge < -0.3 is 4.57 Å². The van der Waals surface area contributed by atoms with E-state index in [2.05, 4.69) is 40.8 Å². The Balaban J connectivity index is 1.96. The van der Waals surface area contributed by atoms with Crippen molar-refractivity contribution in [1.29, 1.82) is 0 Å². The fraction of sp³-hybridized carbons (Fsp3) is 0.190. The van der Waals surface area contributed by atoms with E-state index in [4.69, 9.17) is 0 Å². The van der Waals surface area contributed by atoms with Crippen LogP contribution in [0.15, 0.2) is 48.7 Å². The number of benzene rings is 2. The highest BCUT2D eigenvalue weighted by atomic mass is 16.1. The first-order chi connectivity index (χ1) is 11.0. The van der Waals surface area contributed by atoms with Gasteiger partial charge in [0.1, 0.15) is 5.78 Å².